The molecule has 19 heavy (non-hydrogen) atoms. The number of aromatic amines is 1. The van der Waals surface area contributed by atoms with E-state index < -0.39 is 0 Å². The van der Waals surface area contributed by atoms with Crippen molar-refractivity contribution >= 4 is 0 Å². The maximum atomic E-state index is 11.7. The molecule has 1 unspecified atom stereocenters. The number of hydrogen-bond acceptors (Lipinski definition) is 5. The zero-order chi connectivity index (χ0) is 13.8. The Hall–Kier alpha value is -1.24. The Labute approximate surface area is 113 Å². The number of likely N-dealkylation sites (N-methyl/N-ethyl adjacent to an activating group) is 1. The second kappa shape index (κ2) is 6.27. The predicted molar refractivity (Wildman–Crippen MR) is 73.0 cm³/mol. The fourth-order valence-electron chi connectivity index (χ4n) is 2.02. The lowest BCUT2D eigenvalue weighted by molar-refractivity contribution is -0.0257. The lowest BCUT2D eigenvalue weighted by atomic mass is 10.2. The van der Waals surface area contributed by atoms with Gasteiger partial charge in [-0.2, -0.15) is 0 Å². The van der Waals surface area contributed by atoms with Crippen LogP contribution in [-0.4, -0.2) is 47.7 Å². The summed E-state index contributed by atoms with van der Waals surface area (Å²) in [6, 6.07) is 1.90. The highest BCUT2D eigenvalue weighted by atomic mass is 16.5. The number of H-pyrrole nitrogens is 1. The first kappa shape index (κ1) is 14.2. The van der Waals surface area contributed by atoms with Crippen LogP contribution < -0.4 is 10.9 Å². The van der Waals surface area contributed by atoms with Crippen LogP contribution in [0.2, 0.25) is 0 Å². The van der Waals surface area contributed by atoms with Gasteiger partial charge in [0.2, 0.25) is 0 Å². The quantitative estimate of drug-likeness (QED) is 0.818. The van der Waals surface area contributed by atoms with Crippen LogP contribution in [0.3, 0.4) is 0 Å². The van der Waals surface area contributed by atoms with Crippen molar-refractivity contribution in [3.8, 4) is 0 Å². The smallest absolute Gasteiger partial charge is 0.251 e. The average Bonchev–Trinajstić information content (AvgIpc) is 2.36. The molecule has 2 heterocycles. The van der Waals surface area contributed by atoms with Gasteiger partial charge in [-0.05, 0) is 7.05 Å². The van der Waals surface area contributed by atoms with E-state index in [9.17, 15) is 4.79 Å². The van der Waals surface area contributed by atoms with Crippen LogP contribution in [0, 0.1) is 0 Å². The Balaban J connectivity index is 2.13. The number of nitrogens with zero attached hydrogens (tertiary/aromatic N) is 2. The van der Waals surface area contributed by atoms with E-state index in [4.69, 9.17) is 4.74 Å². The van der Waals surface area contributed by atoms with Crippen molar-refractivity contribution in [3.05, 3.63) is 27.9 Å². The van der Waals surface area contributed by atoms with Gasteiger partial charge in [0, 0.05) is 31.7 Å². The van der Waals surface area contributed by atoms with Crippen molar-refractivity contribution in [2.24, 2.45) is 0 Å². The molecule has 1 saturated heterocycles. The minimum absolute atomic E-state index is 0.123. The first-order valence-corrected chi connectivity index (χ1v) is 6.68. The van der Waals surface area contributed by atoms with E-state index in [0.717, 1.165) is 18.8 Å². The number of morpholine rings is 1. The van der Waals surface area contributed by atoms with Crippen LogP contribution in [-0.2, 0) is 11.3 Å². The third-order valence-corrected chi connectivity index (χ3v) is 3.08. The van der Waals surface area contributed by atoms with Crippen LogP contribution in [0.1, 0.15) is 31.5 Å². The second-order valence-corrected chi connectivity index (χ2v) is 5.28. The first-order valence-electron chi connectivity index (χ1n) is 6.68. The number of ether oxygens (including phenoxy) is 1. The molecule has 1 aromatic rings. The van der Waals surface area contributed by atoms with Gasteiger partial charge >= 0.3 is 0 Å². The number of aromatic nitrogens is 2. The van der Waals surface area contributed by atoms with Crippen molar-refractivity contribution in [1.29, 1.82) is 0 Å². The summed E-state index contributed by atoms with van der Waals surface area (Å²) in [6.07, 6.45) is -0.148. The van der Waals surface area contributed by atoms with Crippen molar-refractivity contribution in [2.75, 3.05) is 26.7 Å². The summed E-state index contributed by atoms with van der Waals surface area (Å²) in [5.41, 5.74) is 0.631. The Kier molecular flexibility index (Phi) is 4.68. The standard InChI is InChI=1S/C13H22N4O2/c1-9(2)14-7-10-6-12(18)16-13(15-10)11-8-17(3)4-5-19-11/h6,9,11,14H,4-5,7-8H2,1-3H3,(H,15,16,18). The molecule has 1 aliphatic rings. The zero-order valence-corrected chi connectivity index (χ0v) is 11.8. The number of nitrogens with one attached hydrogen (secondary N) is 2. The first-order chi connectivity index (χ1) is 9.04. The molecule has 0 spiro atoms. The molecule has 1 aromatic heterocycles. The Morgan fingerprint density at radius 1 is 1.63 bits per heavy atom. The SMILES string of the molecule is CC(C)NCc1cc(=O)[nH]c(C2CN(C)CCO2)n1. The van der Waals surface area contributed by atoms with E-state index in [-0.39, 0.29) is 11.7 Å². The molecule has 6 heteroatoms. The minimum Gasteiger partial charge on any atom is -0.368 e. The summed E-state index contributed by atoms with van der Waals surface area (Å²) in [7, 11) is 2.04. The van der Waals surface area contributed by atoms with E-state index in [1.807, 2.05) is 7.05 Å². The van der Waals surface area contributed by atoms with Gasteiger partial charge in [0.25, 0.3) is 5.56 Å². The normalized spacial score (nSPS) is 20.9. The summed E-state index contributed by atoms with van der Waals surface area (Å²) in [5.74, 6) is 0.625. The highest BCUT2D eigenvalue weighted by molar-refractivity contribution is 5.05. The molecular formula is C13H22N4O2. The van der Waals surface area contributed by atoms with Gasteiger partial charge in [-0.25, -0.2) is 4.98 Å². The van der Waals surface area contributed by atoms with Crippen molar-refractivity contribution in [3.63, 3.8) is 0 Å². The van der Waals surface area contributed by atoms with Crippen LogP contribution in [0.5, 0.6) is 0 Å². The molecule has 6 nitrogen and oxygen atoms in total. The van der Waals surface area contributed by atoms with Crippen molar-refractivity contribution in [1.82, 2.24) is 20.2 Å². The molecule has 2 N–H and O–H groups in total. The summed E-state index contributed by atoms with van der Waals surface area (Å²) in [6.45, 7) is 7.05. The lowest BCUT2D eigenvalue weighted by Gasteiger charge is -2.29. The predicted octanol–water partition coefficient (Wildman–Crippen LogP) is 0.271. The van der Waals surface area contributed by atoms with Gasteiger partial charge in [0.15, 0.2) is 0 Å². The Morgan fingerprint density at radius 2 is 2.42 bits per heavy atom. The summed E-state index contributed by atoms with van der Waals surface area (Å²) in [4.78, 5) is 21.1. The topological polar surface area (TPSA) is 70.2 Å². The average molecular weight is 266 g/mol. The fourth-order valence-corrected chi connectivity index (χ4v) is 2.02. The molecule has 0 aromatic carbocycles. The van der Waals surface area contributed by atoms with E-state index in [2.05, 4.69) is 34.0 Å². The van der Waals surface area contributed by atoms with Crippen LogP contribution >= 0.6 is 0 Å². The van der Waals surface area contributed by atoms with E-state index >= 15 is 0 Å². The zero-order valence-electron chi connectivity index (χ0n) is 11.8. The molecule has 1 aliphatic heterocycles. The number of rotatable bonds is 4. The largest absolute Gasteiger partial charge is 0.368 e. The van der Waals surface area contributed by atoms with Gasteiger partial charge in [-0.1, -0.05) is 13.8 Å². The van der Waals surface area contributed by atoms with Gasteiger partial charge < -0.3 is 19.9 Å². The third kappa shape index (κ3) is 4.12. The monoisotopic (exact) mass is 266 g/mol. The highest BCUT2D eigenvalue weighted by Crippen LogP contribution is 2.17. The molecule has 0 radical (unpaired) electrons. The maximum Gasteiger partial charge on any atom is 0.251 e. The van der Waals surface area contributed by atoms with Crippen LogP contribution in [0.15, 0.2) is 10.9 Å². The molecule has 0 bridgehead atoms. The molecule has 0 saturated carbocycles. The van der Waals surface area contributed by atoms with Gasteiger partial charge in [0.1, 0.15) is 11.9 Å². The molecular weight excluding hydrogens is 244 g/mol. The summed E-state index contributed by atoms with van der Waals surface area (Å²) >= 11 is 0. The molecule has 0 amide bonds. The Bertz CT molecular complexity index is 472. The van der Waals surface area contributed by atoms with Crippen molar-refractivity contribution < 1.29 is 4.74 Å². The second-order valence-electron chi connectivity index (χ2n) is 5.28. The minimum atomic E-state index is -0.148. The highest BCUT2D eigenvalue weighted by Gasteiger charge is 2.22. The summed E-state index contributed by atoms with van der Waals surface area (Å²) in [5, 5.41) is 3.26. The lowest BCUT2D eigenvalue weighted by Crippen LogP contribution is -2.37. The van der Waals surface area contributed by atoms with E-state index in [1.165, 1.54) is 6.07 Å². The van der Waals surface area contributed by atoms with Crippen LogP contribution in [0.25, 0.3) is 0 Å². The van der Waals surface area contributed by atoms with Gasteiger partial charge in [0.05, 0.1) is 12.3 Å². The van der Waals surface area contributed by atoms with Gasteiger partial charge in [-0.3, -0.25) is 4.79 Å². The number of hydrogen-bond donors (Lipinski definition) is 2. The van der Waals surface area contributed by atoms with Crippen LogP contribution in [0.4, 0.5) is 0 Å². The molecule has 1 atom stereocenters. The van der Waals surface area contributed by atoms with Gasteiger partial charge in [-0.15, -0.1) is 0 Å². The van der Waals surface area contributed by atoms with E-state index in [1.54, 1.807) is 0 Å². The molecule has 1 fully saturated rings. The Morgan fingerprint density at radius 3 is 3.11 bits per heavy atom. The molecule has 0 aliphatic carbocycles. The fraction of sp³-hybridized carbons (Fsp3) is 0.692. The maximum absolute atomic E-state index is 11.7. The van der Waals surface area contributed by atoms with Crippen molar-refractivity contribution in [2.45, 2.75) is 32.5 Å². The molecule has 106 valence electrons. The molecule has 2 rings (SSSR count). The summed E-state index contributed by atoms with van der Waals surface area (Å²) < 4.78 is 5.68. The third-order valence-electron chi connectivity index (χ3n) is 3.08. The van der Waals surface area contributed by atoms with E-state index in [0.29, 0.717) is 25.0 Å².